The van der Waals surface area contributed by atoms with Gasteiger partial charge in [-0.3, -0.25) is 9.10 Å². The standard InChI is InChI=1S/C26H32N2O3S/c1-17(28(32(2,30)31)24-6-4-3-5-7-24)26(29)27-23-10-8-20(9-11-23)25-21-13-18-12-19(15-21)16-22(25)14-18/h3-11,17-19,21-22,25H,12-16H2,1-2H3,(H,27,29)/t17-,18?,19?,21?,22?,25?/m1/s1. The number of nitrogens with zero attached hydrogens (tertiary/aromatic N) is 1. The molecular formula is C26H32N2O3S. The zero-order valence-corrected chi connectivity index (χ0v) is 19.6. The summed E-state index contributed by atoms with van der Waals surface area (Å²) in [5.74, 6) is 3.86. The minimum absolute atomic E-state index is 0.346. The van der Waals surface area contributed by atoms with Crippen molar-refractivity contribution in [2.45, 2.75) is 51.0 Å². The predicted molar refractivity (Wildman–Crippen MR) is 128 cm³/mol. The maximum absolute atomic E-state index is 12.9. The highest BCUT2D eigenvalue weighted by Gasteiger charge is 2.48. The Morgan fingerprint density at radius 3 is 2.00 bits per heavy atom. The number of hydrogen-bond donors (Lipinski definition) is 1. The number of para-hydroxylation sites is 1. The molecule has 4 bridgehead atoms. The van der Waals surface area contributed by atoms with Crippen molar-refractivity contribution in [3.8, 4) is 0 Å². The minimum atomic E-state index is -3.61. The van der Waals surface area contributed by atoms with Gasteiger partial charge < -0.3 is 5.32 Å². The number of nitrogens with one attached hydrogen (secondary N) is 1. The van der Waals surface area contributed by atoms with E-state index >= 15 is 0 Å². The lowest BCUT2D eigenvalue weighted by atomic mass is 9.51. The lowest BCUT2D eigenvalue weighted by molar-refractivity contribution is -0.116. The van der Waals surface area contributed by atoms with Gasteiger partial charge in [-0.15, -0.1) is 0 Å². The smallest absolute Gasteiger partial charge is 0.247 e. The first-order valence-electron chi connectivity index (χ1n) is 11.7. The largest absolute Gasteiger partial charge is 0.324 e. The quantitative estimate of drug-likeness (QED) is 0.669. The summed E-state index contributed by atoms with van der Waals surface area (Å²) in [6.07, 6.45) is 8.12. The van der Waals surface area contributed by atoms with Crippen LogP contribution >= 0.6 is 0 Å². The van der Waals surface area contributed by atoms with Crippen molar-refractivity contribution in [3.05, 3.63) is 60.2 Å². The monoisotopic (exact) mass is 452 g/mol. The SMILES string of the molecule is C[C@H](C(=O)Nc1ccc(C2C3CC4CC(C3)CC2C4)cc1)N(c1ccccc1)S(C)(=O)=O. The van der Waals surface area contributed by atoms with Gasteiger partial charge in [0.25, 0.3) is 0 Å². The third-order valence-electron chi connectivity index (χ3n) is 7.89. The zero-order valence-electron chi connectivity index (χ0n) is 18.8. The molecule has 0 heterocycles. The van der Waals surface area contributed by atoms with Crippen LogP contribution in [0.3, 0.4) is 0 Å². The average Bonchev–Trinajstić information content (AvgIpc) is 2.74. The second-order valence-corrected chi connectivity index (χ2v) is 12.0. The van der Waals surface area contributed by atoms with E-state index in [9.17, 15) is 13.2 Å². The van der Waals surface area contributed by atoms with Gasteiger partial charge in [0.05, 0.1) is 11.9 Å². The predicted octanol–water partition coefficient (Wildman–Crippen LogP) is 5.02. The van der Waals surface area contributed by atoms with Gasteiger partial charge in [0.2, 0.25) is 15.9 Å². The van der Waals surface area contributed by atoms with Gasteiger partial charge >= 0.3 is 0 Å². The fourth-order valence-electron chi connectivity index (χ4n) is 6.89. The Balaban J connectivity index is 1.29. The molecule has 4 aliphatic carbocycles. The van der Waals surface area contributed by atoms with E-state index in [0.717, 1.165) is 29.9 Å². The second-order valence-electron chi connectivity index (χ2n) is 10.1. The Hall–Kier alpha value is -2.34. The van der Waals surface area contributed by atoms with E-state index in [4.69, 9.17) is 0 Å². The lowest BCUT2D eigenvalue weighted by Crippen LogP contribution is -2.45. The minimum Gasteiger partial charge on any atom is -0.324 e. The molecule has 1 N–H and O–H groups in total. The zero-order chi connectivity index (χ0) is 22.5. The maximum atomic E-state index is 12.9. The Morgan fingerprint density at radius 1 is 0.906 bits per heavy atom. The first-order chi connectivity index (χ1) is 15.3. The Kier molecular flexibility index (Phi) is 5.52. The molecule has 4 saturated carbocycles. The van der Waals surface area contributed by atoms with Crippen molar-refractivity contribution < 1.29 is 13.2 Å². The molecule has 0 radical (unpaired) electrons. The van der Waals surface area contributed by atoms with Crippen LogP contribution in [0.1, 0.15) is 50.5 Å². The van der Waals surface area contributed by atoms with Crippen molar-refractivity contribution in [1.29, 1.82) is 0 Å². The highest BCUT2D eigenvalue weighted by molar-refractivity contribution is 7.92. The van der Waals surface area contributed by atoms with E-state index in [2.05, 4.69) is 17.4 Å². The first-order valence-corrected chi connectivity index (χ1v) is 13.6. The molecule has 4 aliphatic rings. The summed E-state index contributed by atoms with van der Waals surface area (Å²) >= 11 is 0. The molecule has 0 aromatic heterocycles. The fraction of sp³-hybridized carbons (Fsp3) is 0.500. The summed E-state index contributed by atoms with van der Waals surface area (Å²) in [4.78, 5) is 12.9. The fourth-order valence-corrected chi connectivity index (χ4v) is 8.06. The number of benzene rings is 2. The Bertz CT molecular complexity index is 1050. The van der Waals surface area contributed by atoms with Crippen LogP contribution in [0.4, 0.5) is 11.4 Å². The van der Waals surface area contributed by atoms with Gasteiger partial charge in [-0.1, -0.05) is 30.3 Å². The summed E-state index contributed by atoms with van der Waals surface area (Å²) < 4.78 is 26.0. The van der Waals surface area contributed by atoms with E-state index in [1.807, 2.05) is 18.2 Å². The molecule has 4 fully saturated rings. The van der Waals surface area contributed by atoms with E-state index in [1.54, 1.807) is 31.2 Å². The van der Waals surface area contributed by atoms with E-state index in [1.165, 1.54) is 42.0 Å². The highest BCUT2D eigenvalue weighted by atomic mass is 32.2. The van der Waals surface area contributed by atoms with Crippen molar-refractivity contribution in [1.82, 2.24) is 0 Å². The van der Waals surface area contributed by atoms with Crippen LogP contribution in [0.5, 0.6) is 0 Å². The van der Waals surface area contributed by atoms with Crippen molar-refractivity contribution in [3.63, 3.8) is 0 Å². The molecule has 6 heteroatoms. The summed E-state index contributed by atoms with van der Waals surface area (Å²) in [5.41, 5.74) is 2.58. The molecular weight excluding hydrogens is 420 g/mol. The van der Waals surface area contributed by atoms with E-state index in [0.29, 0.717) is 17.3 Å². The van der Waals surface area contributed by atoms with Crippen LogP contribution < -0.4 is 9.62 Å². The van der Waals surface area contributed by atoms with Crippen LogP contribution in [0, 0.1) is 23.7 Å². The molecule has 6 rings (SSSR count). The number of carbonyl (C=O) groups excluding carboxylic acids is 1. The van der Waals surface area contributed by atoms with Gasteiger partial charge in [0.1, 0.15) is 6.04 Å². The van der Waals surface area contributed by atoms with Crippen LogP contribution in [-0.4, -0.2) is 26.6 Å². The summed E-state index contributed by atoms with van der Waals surface area (Å²) in [5, 5.41) is 2.91. The Labute approximate surface area is 191 Å². The summed E-state index contributed by atoms with van der Waals surface area (Å²) in [6, 6.07) is 16.2. The van der Waals surface area contributed by atoms with Crippen LogP contribution in [0.15, 0.2) is 54.6 Å². The van der Waals surface area contributed by atoms with Gasteiger partial charge in [-0.2, -0.15) is 0 Å². The van der Waals surface area contributed by atoms with Crippen molar-refractivity contribution in [2.24, 2.45) is 23.7 Å². The van der Waals surface area contributed by atoms with Gasteiger partial charge in [0.15, 0.2) is 0 Å². The number of carbonyl (C=O) groups is 1. The number of anilines is 2. The Morgan fingerprint density at radius 2 is 1.47 bits per heavy atom. The molecule has 0 unspecified atom stereocenters. The third kappa shape index (κ3) is 4.05. The molecule has 5 nitrogen and oxygen atoms in total. The maximum Gasteiger partial charge on any atom is 0.247 e. The van der Waals surface area contributed by atoms with Crippen molar-refractivity contribution in [2.75, 3.05) is 15.9 Å². The van der Waals surface area contributed by atoms with Gasteiger partial charge in [-0.05, 0) is 98.4 Å². The average molecular weight is 453 g/mol. The van der Waals surface area contributed by atoms with Crippen LogP contribution in [-0.2, 0) is 14.8 Å². The van der Waals surface area contributed by atoms with Gasteiger partial charge in [0, 0.05) is 5.69 Å². The topological polar surface area (TPSA) is 66.5 Å². The van der Waals surface area contributed by atoms with Crippen molar-refractivity contribution >= 4 is 27.3 Å². The lowest BCUT2D eigenvalue weighted by Gasteiger charge is -2.54. The number of rotatable bonds is 6. The molecule has 0 saturated heterocycles. The van der Waals surface area contributed by atoms with Crippen LogP contribution in [0.2, 0.25) is 0 Å². The van der Waals surface area contributed by atoms with E-state index in [-0.39, 0.29) is 5.91 Å². The van der Waals surface area contributed by atoms with Crippen LogP contribution in [0.25, 0.3) is 0 Å². The highest BCUT2D eigenvalue weighted by Crippen LogP contribution is 2.59. The second kappa shape index (κ2) is 8.22. The first kappa shape index (κ1) is 21.5. The number of hydrogen-bond acceptors (Lipinski definition) is 3. The third-order valence-corrected chi connectivity index (χ3v) is 9.13. The summed E-state index contributed by atoms with van der Waals surface area (Å²) in [7, 11) is -3.61. The molecule has 2 aromatic carbocycles. The molecule has 0 spiro atoms. The molecule has 1 amide bonds. The molecule has 0 aliphatic heterocycles. The van der Waals surface area contributed by atoms with Gasteiger partial charge in [-0.25, -0.2) is 8.42 Å². The number of sulfonamides is 1. The molecule has 32 heavy (non-hydrogen) atoms. The molecule has 2 aromatic rings. The van der Waals surface area contributed by atoms with E-state index < -0.39 is 16.1 Å². The number of amides is 1. The molecule has 170 valence electrons. The molecule has 1 atom stereocenters. The normalized spacial score (nSPS) is 29.5. The summed E-state index contributed by atoms with van der Waals surface area (Å²) in [6.45, 7) is 1.62.